The van der Waals surface area contributed by atoms with E-state index in [0.717, 1.165) is 57.8 Å². The third-order valence-electron chi connectivity index (χ3n) is 15.8. The summed E-state index contributed by atoms with van der Waals surface area (Å²) in [5, 5.41) is 31.6. The standard InChI is InChI=1S/C67H124O12/c1-4-7-10-13-16-19-22-25-27-29-30-32-33-36-38-41-44-47-50-53-59(68)75-56-58(77-60(69)54-51-48-45-42-40-37-34-31-28-26-23-20-17-14-11-8-5-2)57-76-67-65(63(72)62(71)64(79-67)66(73)74)78-61(70)55-52-49-46-43-39-35-24-21-18-15-12-9-6-3/h25,27,58,62-65,67,71-72H,4-24,26,28-57H2,1-3H3,(H,73,74)/b27-25-. The Morgan fingerprint density at radius 1 is 0.405 bits per heavy atom. The van der Waals surface area contributed by atoms with E-state index in [0.29, 0.717) is 19.3 Å². The van der Waals surface area contributed by atoms with Crippen LogP contribution in [0.5, 0.6) is 0 Å². The third kappa shape index (κ3) is 45.6. The number of unbranched alkanes of at least 4 members (excludes halogenated alkanes) is 43. The lowest BCUT2D eigenvalue weighted by atomic mass is 9.98. The van der Waals surface area contributed by atoms with E-state index in [1.54, 1.807) is 0 Å². The first kappa shape index (κ1) is 74.5. The molecule has 0 aliphatic carbocycles. The van der Waals surface area contributed by atoms with Gasteiger partial charge in [0.25, 0.3) is 0 Å². The SMILES string of the molecule is CCCCCCCC/C=C\CCCCCCCCCCCC(=O)OCC(COC1OC(C(=O)O)C(O)C(O)C1OC(=O)CCCCCCCCCCCCCCC)OC(=O)CCCCCCCCCCCCCCCCCCC. The molecule has 1 aliphatic heterocycles. The van der Waals surface area contributed by atoms with Crippen molar-refractivity contribution in [3.05, 3.63) is 12.2 Å². The van der Waals surface area contributed by atoms with Crippen LogP contribution in [0.2, 0.25) is 0 Å². The second-order valence-corrected chi connectivity index (χ2v) is 23.5. The molecule has 6 unspecified atom stereocenters. The van der Waals surface area contributed by atoms with Gasteiger partial charge >= 0.3 is 23.9 Å². The van der Waals surface area contributed by atoms with Gasteiger partial charge in [-0.15, -0.1) is 0 Å². The summed E-state index contributed by atoms with van der Waals surface area (Å²) in [6.07, 6.45) is 51.7. The summed E-state index contributed by atoms with van der Waals surface area (Å²) in [6.45, 7) is 6.05. The molecule has 79 heavy (non-hydrogen) atoms. The van der Waals surface area contributed by atoms with Crippen molar-refractivity contribution in [2.45, 2.75) is 379 Å². The van der Waals surface area contributed by atoms with Crippen molar-refractivity contribution in [3.63, 3.8) is 0 Å². The topological polar surface area (TPSA) is 175 Å². The van der Waals surface area contributed by atoms with Gasteiger partial charge in [0.05, 0.1) is 6.61 Å². The van der Waals surface area contributed by atoms with Crippen LogP contribution >= 0.6 is 0 Å². The summed E-state index contributed by atoms with van der Waals surface area (Å²) in [7, 11) is 0. The number of carboxylic acids is 1. The van der Waals surface area contributed by atoms with Crippen molar-refractivity contribution in [2.75, 3.05) is 13.2 Å². The maximum Gasteiger partial charge on any atom is 0.335 e. The number of carbonyl (C=O) groups excluding carboxylic acids is 3. The molecule has 1 saturated heterocycles. The molecule has 0 spiro atoms. The Labute approximate surface area is 484 Å². The quantitative estimate of drug-likeness (QED) is 0.0228. The molecule has 0 aromatic rings. The van der Waals surface area contributed by atoms with Crippen molar-refractivity contribution in [3.8, 4) is 0 Å². The van der Waals surface area contributed by atoms with E-state index in [1.807, 2.05) is 0 Å². The van der Waals surface area contributed by atoms with Crippen LogP contribution in [0.1, 0.15) is 342 Å². The summed E-state index contributed by atoms with van der Waals surface area (Å²) >= 11 is 0. The highest BCUT2D eigenvalue weighted by Crippen LogP contribution is 2.27. The predicted octanol–water partition coefficient (Wildman–Crippen LogP) is 18.0. The number of esters is 3. The number of aliphatic hydroxyl groups excluding tert-OH is 2. The molecule has 12 nitrogen and oxygen atoms in total. The molecule has 6 atom stereocenters. The lowest BCUT2D eigenvalue weighted by molar-refractivity contribution is -0.301. The second-order valence-electron chi connectivity index (χ2n) is 23.5. The summed E-state index contributed by atoms with van der Waals surface area (Å²) in [4.78, 5) is 51.3. The Hall–Kier alpha value is -2.54. The van der Waals surface area contributed by atoms with Crippen LogP contribution < -0.4 is 0 Å². The molecular weight excluding hydrogens is 997 g/mol. The number of rotatable bonds is 59. The Kier molecular flexibility index (Phi) is 52.8. The summed E-state index contributed by atoms with van der Waals surface area (Å²) in [5.74, 6) is -3.07. The first-order valence-corrected chi connectivity index (χ1v) is 33.7. The maximum atomic E-state index is 13.2. The third-order valence-corrected chi connectivity index (χ3v) is 15.8. The molecule has 0 aromatic heterocycles. The van der Waals surface area contributed by atoms with Crippen LogP contribution in [0, 0.1) is 0 Å². The minimum Gasteiger partial charge on any atom is -0.479 e. The highest BCUT2D eigenvalue weighted by molar-refractivity contribution is 5.74. The lowest BCUT2D eigenvalue weighted by Gasteiger charge is -2.40. The maximum absolute atomic E-state index is 13.2. The van der Waals surface area contributed by atoms with Gasteiger partial charge in [0.2, 0.25) is 0 Å². The first-order valence-electron chi connectivity index (χ1n) is 33.7. The van der Waals surface area contributed by atoms with E-state index in [4.69, 9.17) is 23.7 Å². The van der Waals surface area contributed by atoms with Gasteiger partial charge in [0.1, 0.15) is 18.8 Å². The van der Waals surface area contributed by atoms with Gasteiger partial charge in [-0.3, -0.25) is 14.4 Å². The zero-order chi connectivity index (χ0) is 57.5. The van der Waals surface area contributed by atoms with Gasteiger partial charge in [-0.1, -0.05) is 290 Å². The van der Waals surface area contributed by atoms with Gasteiger partial charge in [0, 0.05) is 19.3 Å². The van der Waals surface area contributed by atoms with E-state index < -0.39 is 67.3 Å². The Morgan fingerprint density at radius 3 is 1.08 bits per heavy atom. The Bertz CT molecular complexity index is 1420. The normalized spacial score (nSPS) is 17.8. The molecule has 1 rings (SSSR count). The van der Waals surface area contributed by atoms with E-state index >= 15 is 0 Å². The molecule has 464 valence electrons. The molecule has 0 aromatic carbocycles. The highest BCUT2D eigenvalue weighted by Gasteiger charge is 2.50. The van der Waals surface area contributed by atoms with Crippen molar-refractivity contribution >= 4 is 23.9 Å². The largest absolute Gasteiger partial charge is 0.479 e. The molecule has 0 radical (unpaired) electrons. The average Bonchev–Trinajstić information content (AvgIpc) is 3.44. The zero-order valence-electron chi connectivity index (χ0n) is 51.4. The number of carboxylic acid groups (broad SMARTS) is 1. The van der Waals surface area contributed by atoms with Gasteiger partial charge in [-0.25, -0.2) is 4.79 Å². The second kappa shape index (κ2) is 56.0. The molecule has 1 heterocycles. The fourth-order valence-electron chi connectivity index (χ4n) is 10.7. The predicted molar refractivity (Wildman–Crippen MR) is 322 cm³/mol. The number of ether oxygens (including phenoxy) is 5. The van der Waals surface area contributed by atoms with E-state index in [-0.39, 0.29) is 25.9 Å². The van der Waals surface area contributed by atoms with E-state index in [1.165, 1.54) is 225 Å². The summed E-state index contributed by atoms with van der Waals surface area (Å²) < 4.78 is 28.6. The summed E-state index contributed by atoms with van der Waals surface area (Å²) in [6, 6.07) is 0. The van der Waals surface area contributed by atoms with Crippen LogP contribution in [0.4, 0.5) is 0 Å². The van der Waals surface area contributed by atoms with Crippen molar-refractivity contribution in [1.29, 1.82) is 0 Å². The van der Waals surface area contributed by atoms with Gasteiger partial charge in [-0.2, -0.15) is 0 Å². The first-order chi connectivity index (χ1) is 38.6. The molecular formula is C67H124O12. The smallest absolute Gasteiger partial charge is 0.335 e. The number of hydrogen-bond acceptors (Lipinski definition) is 11. The highest BCUT2D eigenvalue weighted by atomic mass is 16.7. The summed E-state index contributed by atoms with van der Waals surface area (Å²) in [5.41, 5.74) is 0. The molecule has 0 saturated carbocycles. The molecule has 0 amide bonds. The molecule has 1 aliphatic rings. The molecule has 0 bridgehead atoms. The lowest BCUT2D eigenvalue weighted by Crippen LogP contribution is -2.61. The Balaban J connectivity index is 2.62. The number of carbonyl (C=O) groups is 4. The van der Waals surface area contributed by atoms with Gasteiger partial charge < -0.3 is 39.0 Å². The van der Waals surface area contributed by atoms with Crippen LogP contribution in [-0.4, -0.2) is 89.2 Å². The van der Waals surface area contributed by atoms with E-state index in [9.17, 15) is 34.5 Å². The fourth-order valence-corrected chi connectivity index (χ4v) is 10.7. The minimum atomic E-state index is -1.90. The van der Waals surface area contributed by atoms with E-state index in [2.05, 4.69) is 32.9 Å². The van der Waals surface area contributed by atoms with Crippen LogP contribution in [-0.2, 0) is 42.9 Å². The average molecular weight is 1120 g/mol. The molecule has 1 fully saturated rings. The van der Waals surface area contributed by atoms with Crippen molar-refractivity contribution in [1.82, 2.24) is 0 Å². The van der Waals surface area contributed by atoms with Gasteiger partial charge in [0.15, 0.2) is 24.6 Å². The number of hydrogen-bond donors (Lipinski definition) is 3. The zero-order valence-corrected chi connectivity index (χ0v) is 51.4. The minimum absolute atomic E-state index is 0.0689. The Morgan fingerprint density at radius 2 is 0.722 bits per heavy atom. The van der Waals surface area contributed by atoms with Crippen LogP contribution in [0.15, 0.2) is 12.2 Å². The van der Waals surface area contributed by atoms with Crippen LogP contribution in [0.25, 0.3) is 0 Å². The molecule has 3 N–H and O–H groups in total. The van der Waals surface area contributed by atoms with Gasteiger partial charge in [-0.05, 0) is 44.9 Å². The molecule has 12 heteroatoms. The number of allylic oxidation sites excluding steroid dienone is 2. The number of aliphatic carboxylic acids is 1. The van der Waals surface area contributed by atoms with Crippen molar-refractivity contribution in [2.24, 2.45) is 0 Å². The van der Waals surface area contributed by atoms with Crippen LogP contribution in [0.3, 0.4) is 0 Å². The fraction of sp³-hybridized carbons (Fsp3) is 0.910. The number of aliphatic hydroxyl groups is 2. The monoisotopic (exact) mass is 1120 g/mol. The van der Waals surface area contributed by atoms with Crippen molar-refractivity contribution < 1.29 is 58.2 Å².